The van der Waals surface area contributed by atoms with Crippen molar-refractivity contribution >= 4 is 35.9 Å². The fourth-order valence-corrected chi connectivity index (χ4v) is 2.60. The van der Waals surface area contributed by atoms with Crippen molar-refractivity contribution in [3.05, 3.63) is 17.3 Å². The molecule has 1 aromatic heterocycles. The predicted molar refractivity (Wildman–Crippen MR) is 97.9 cm³/mol. The van der Waals surface area contributed by atoms with E-state index in [4.69, 9.17) is 9.15 Å². The Kier molecular flexibility index (Phi) is 7.80. The zero-order chi connectivity index (χ0) is 16.1. The average molecular weight is 436 g/mol. The van der Waals surface area contributed by atoms with Gasteiger partial charge in [0.25, 0.3) is 0 Å². The van der Waals surface area contributed by atoms with Crippen molar-refractivity contribution in [2.24, 2.45) is 10.9 Å². The highest BCUT2D eigenvalue weighted by Crippen LogP contribution is 2.18. The maximum atomic E-state index is 11.6. The van der Waals surface area contributed by atoms with Gasteiger partial charge in [0.2, 0.25) is 5.89 Å². The molecule has 0 spiro atoms. The molecule has 23 heavy (non-hydrogen) atoms. The van der Waals surface area contributed by atoms with E-state index in [9.17, 15) is 4.79 Å². The standard InChI is InChI=1S/C15H24N4O3.HI/c1-10-11(2)22-13(18-10)9-17-15(16-3)19-7-5-12(6-8-19)14(20)21-4;/h12H,5-9H2,1-4H3,(H,16,17);1H. The van der Waals surface area contributed by atoms with Gasteiger partial charge < -0.3 is 19.4 Å². The molecule has 0 radical (unpaired) electrons. The number of oxazole rings is 1. The number of methoxy groups -OCH3 is 1. The summed E-state index contributed by atoms with van der Waals surface area (Å²) in [6, 6.07) is 0. The quantitative estimate of drug-likeness (QED) is 0.337. The second-order valence-electron chi connectivity index (χ2n) is 5.43. The van der Waals surface area contributed by atoms with Crippen molar-refractivity contribution in [3.63, 3.8) is 0 Å². The zero-order valence-corrected chi connectivity index (χ0v) is 16.4. The number of rotatable bonds is 3. The van der Waals surface area contributed by atoms with Crippen LogP contribution in [0.3, 0.4) is 0 Å². The fraction of sp³-hybridized carbons (Fsp3) is 0.667. The van der Waals surface area contributed by atoms with Gasteiger partial charge in [-0.3, -0.25) is 9.79 Å². The largest absolute Gasteiger partial charge is 0.469 e. The molecule has 1 saturated heterocycles. The lowest BCUT2D eigenvalue weighted by molar-refractivity contribution is -0.146. The number of guanidine groups is 1. The molecule has 1 aliphatic rings. The van der Waals surface area contributed by atoms with Crippen molar-refractivity contribution in [2.45, 2.75) is 33.2 Å². The molecule has 0 aromatic carbocycles. The summed E-state index contributed by atoms with van der Waals surface area (Å²) in [5.41, 5.74) is 0.908. The topological polar surface area (TPSA) is 80.0 Å². The van der Waals surface area contributed by atoms with Crippen LogP contribution in [0.5, 0.6) is 0 Å². The van der Waals surface area contributed by atoms with Crippen LogP contribution < -0.4 is 5.32 Å². The maximum absolute atomic E-state index is 11.6. The normalized spacial score (nSPS) is 16.0. The lowest BCUT2D eigenvalue weighted by Gasteiger charge is -2.32. The Hall–Kier alpha value is -1.32. The number of piperidine rings is 1. The molecule has 1 aliphatic heterocycles. The van der Waals surface area contributed by atoms with E-state index < -0.39 is 0 Å². The first-order valence-electron chi connectivity index (χ1n) is 7.51. The van der Waals surface area contributed by atoms with Gasteiger partial charge in [0.05, 0.1) is 25.3 Å². The third-order valence-electron chi connectivity index (χ3n) is 4.01. The van der Waals surface area contributed by atoms with Gasteiger partial charge in [0, 0.05) is 20.1 Å². The minimum absolute atomic E-state index is 0. The number of aryl methyl sites for hydroxylation is 2. The number of nitrogens with one attached hydrogen (secondary N) is 1. The number of aliphatic imine (C=N–C) groups is 1. The van der Waals surface area contributed by atoms with Gasteiger partial charge in [-0.15, -0.1) is 24.0 Å². The molecule has 2 heterocycles. The Bertz CT molecular complexity index is 531. The minimum Gasteiger partial charge on any atom is -0.469 e. The van der Waals surface area contributed by atoms with Crippen molar-refractivity contribution in [1.29, 1.82) is 0 Å². The number of carbonyl (C=O) groups excluding carboxylic acids is 1. The summed E-state index contributed by atoms with van der Waals surface area (Å²) < 4.78 is 10.4. The molecule has 0 saturated carbocycles. The first-order valence-corrected chi connectivity index (χ1v) is 7.51. The average Bonchev–Trinajstić information content (AvgIpc) is 2.86. The Morgan fingerprint density at radius 2 is 2.09 bits per heavy atom. The first-order chi connectivity index (χ1) is 10.5. The Morgan fingerprint density at radius 1 is 1.43 bits per heavy atom. The van der Waals surface area contributed by atoms with Crippen LogP contribution in [-0.2, 0) is 16.1 Å². The van der Waals surface area contributed by atoms with Crippen LogP contribution in [-0.4, -0.2) is 49.1 Å². The van der Waals surface area contributed by atoms with Crippen molar-refractivity contribution < 1.29 is 13.9 Å². The van der Waals surface area contributed by atoms with Gasteiger partial charge in [-0.2, -0.15) is 0 Å². The molecule has 0 amide bonds. The van der Waals surface area contributed by atoms with E-state index in [1.54, 1.807) is 7.05 Å². The molecule has 0 unspecified atom stereocenters. The first kappa shape index (κ1) is 19.7. The molecule has 7 nitrogen and oxygen atoms in total. The van der Waals surface area contributed by atoms with E-state index in [2.05, 4.69) is 20.2 Å². The summed E-state index contributed by atoms with van der Waals surface area (Å²) in [6.45, 7) is 5.89. The van der Waals surface area contributed by atoms with Crippen LogP contribution in [0.25, 0.3) is 0 Å². The molecule has 0 atom stereocenters. The SMILES string of the molecule is CN=C(NCc1nc(C)c(C)o1)N1CCC(C(=O)OC)CC1.I. The third-order valence-corrected chi connectivity index (χ3v) is 4.01. The Labute approximate surface area is 153 Å². The van der Waals surface area contributed by atoms with Crippen molar-refractivity contribution in [2.75, 3.05) is 27.2 Å². The summed E-state index contributed by atoms with van der Waals surface area (Å²) >= 11 is 0. The number of esters is 1. The van der Waals surface area contributed by atoms with Crippen molar-refractivity contribution in [1.82, 2.24) is 15.2 Å². The lowest BCUT2D eigenvalue weighted by Crippen LogP contribution is -2.46. The van der Waals surface area contributed by atoms with E-state index in [1.807, 2.05) is 13.8 Å². The highest BCUT2D eigenvalue weighted by molar-refractivity contribution is 14.0. The number of carbonyl (C=O) groups is 1. The molecule has 1 aromatic rings. The summed E-state index contributed by atoms with van der Waals surface area (Å²) in [4.78, 5) is 22.3. The van der Waals surface area contributed by atoms with Crippen LogP contribution in [0.2, 0.25) is 0 Å². The fourth-order valence-electron chi connectivity index (χ4n) is 2.60. The minimum atomic E-state index is -0.117. The molecule has 0 bridgehead atoms. The van der Waals surface area contributed by atoms with E-state index in [0.717, 1.165) is 43.3 Å². The van der Waals surface area contributed by atoms with Crippen LogP contribution >= 0.6 is 24.0 Å². The molecule has 130 valence electrons. The second kappa shape index (κ2) is 9.09. The molecule has 2 rings (SSSR count). The van der Waals surface area contributed by atoms with E-state index in [-0.39, 0.29) is 35.9 Å². The van der Waals surface area contributed by atoms with Gasteiger partial charge in [-0.25, -0.2) is 4.98 Å². The van der Waals surface area contributed by atoms with Gasteiger partial charge in [-0.1, -0.05) is 0 Å². The molecule has 8 heteroatoms. The van der Waals surface area contributed by atoms with E-state index in [0.29, 0.717) is 12.4 Å². The Morgan fingerprint density at radius 3 is 2.57 bits per heavy atom. The number of hydrogen-bond donors (Lipinski definition) is 1. The van der Waals surface area contributed by atoms with Crippen LogP contribution in [0, 0.1) is 19.8 Å². The predicted octanol–water partition coefficient (Wildman–Crippen LogP) is 1.87. The van der Waals surface area contributed by atoms with Gasteiger partial charge in [0.1, 0.15) is 5.76 Å². The van der Waals surface area contributed by atoms with E-state index in [1.165, 1.54) is 7.11 Å². The highest BCUT2D eigenvalue weighted by Gasteiger charge is 2.27. The second-order valence-corrected chi connectivity index (χ2v) is 5.43. The number of aromatic nitrogens is 1. The molecular formula is C15H25IN4O3. The highest BCUT2D eigenvalue weighted by atomic mass is 127. The number of hydrogen-bond acceptors (Lipinski definition) is 5. The summed E-state index contributed by atoms with van der Waals surface area (Å²) in [6.07, 6.45) is 1.56. The summed E-state index contributed by atoms with van der Waals surface area (Å²) in [5, 5.41) is 3.26. The third kappa shape index (κ3) is 5.08. The van der Waals surface area contributed by atoms with Crippen LogP contribution in [0.4, 0.5) is 0 Å². The number of halogens is 1. The summed E-state index contributed by atoms with van der Waals surface area (Å²) in [7, 11) is 3.19. The maximum Gasteiger partial charge on any atom is 0.308 e. The van der Waals surface area contributed by atoms with E-state index >= 15 is 0 Å². The molecule has 0 aliphatic carbocycles. The molecule has 1 N–H and O–H groups in total. The van der Waals surface area contributed by atoms with Gasteiger partial charge >= 0.3 is 5.97 Å². The number of nitrogens with zero attached hydrogens (tertiary/aromatic N) is 3. The smallest absolute Gasteiger partial charge is 0.308 e. The van der Waals surface area contributed by atoms with Crippen LogP contribution in [0.15, 0.2) is 9.41 Å². The Balaban J connectivity index is 0.00000264. The monoisotopic (exact) mass is 436 g/mol. The molecular weight excluding hydrogens is 411 g/mol. The van der Waals surface area contributed by atoms with Gasteiger partial charge in [0.15, 0.2) is 5.96 Å². The zero-order valence-electron chi connectivity index (χ0n) is 14.1. The van der Waals surface area contributed by atoms with Crippen LogP contribution in [0.1, 0.15) is 30.2 Å². The number of ether oxygens (including phenoxy) is 1. The van der Waals surface area contributed by atoms with Gasteiger partial charge in [-0.05, 0) is 26.7 Å². The number of likely N-dealkylation sites (tertiary alicyclic amines) is 1. The lowest BCUT2D eigenvalue weighted by atomic mass is 9.97. The summed E-state index contributed by atoms with van der Waals surface area (Å²) in [5.74, 6) is 2.17. The van der Waals surface area contributed by atoms with Crippen molar-refractivity contribution in [3.8, 4) is 0 Å². The molecule has 1 fully saturated rings.